The van der Waals surface area contributed by atoms with Gasteiger partial charge >= 0.3 is 0 Å². The minimum atomic E-state index is 0.0615. The molecule has 0 aliphatic heterocycles. The van der Waals surface area contributed by atoms with Gasteiger partial charge in [-0.15, -0.1) is 0 Å². The highest BCUT2D eigenvalue weighted by Gasteiger charge is 2.45. The van der Waals surface area contributed by atoms with E-state index in [0.29, 0.717) is 23.1 Å². The third-order valence-electron chi connectivity index (χ3n) is 3.59. The lowest BCUT2D eigenvalue weighted by atomic mass is 9.93. The van der Waals surface area contributed by atoms with Crippen LogP contribution in [0.25, 0.3) is 0 Å². The molecule has 0 saturated heterocycles. The van der Waals surface area contributed by atoms with E-state index in [1.165, 1.54) is 0 Å². The van der Waals surface area contributed by atoms with E-state index in [2.05, 4.69) is 6.07 Å². The highest BCUT2D eigenvalue weighted by Crippen LogP contribution is 2.54. The molecule has 0 radical (unpaired) electrons. The molecule has 1 fully saturated rings. The van der Waals surface area contributed by atoms with Gasteiger partial charge in [-0.2, -0.15) is 0 Å². The third kappa shape index (κ3) is 1.87. The monoisotopic (exact) mass is 255 g/mol. The number of methoxy groups -OCH3 is 2. The Kier molecular flexibility index (Phi) is 3.23. The van der Waals surface area contributed by atoms with Gasteiger partial charge in [0.25, 0.3) is 0 Å². The molecule has 1 saturated carbocycles. The molecule has 1 aromatic rings. The normalized spacial score (nSPS) is 16.8. The summed E-state index contributed by atoms with van der Waals surface area (Å²) < 4.78 is 10.7. The molecule has 4 heteroatoms. The van der Waals surface area contributed by atoms with Crippen LogP contribution in [-0.2, 0) is 5.41 Å². The molecular formula is C13H18ClNO2. The summed E-state index contributed by atoms with van der Waals surface area (Å²) in [5, 5.41) is 0.546. The third-order valence-corrected chi connectivity index (χ3v) is 3.93. The Morgan fingerprint density at radius 3 is 2.29 bits per heavy atom. The molecule has 0 unspecified atom stereocenters. The summed E-state index contributed by atoms with van der Waals surface area (Å²) >= 11 is 6.32. The van der Waals surface area contributed by atoms with Gasteiger partial charge in [0.1, 0.15) is 16.5 Å². The Morgan fingerprint density at radius 1 is 1.29 bits per heavy atom. The molecule has 0 amide bonds. The number of ether oxygens (including phenoxy) is 2. The van der Waals surface area contributed by atoms with Crippen molar-refractivity contribution in [1.29, 1.82) is 0 Å². The van der Waals surface area contributed by atoms with Gasteiger partial charge in [-0.05, 0) is 31.4 Å². The molecule has 2 rings (SSSR count). The number of halogens is 1. The zero-order chi connectivity index (χ0) is 12.6. The Hall–Kier alpha value is -0.930. The van der Waals surface area contributed by atoms with E-state index in [4.69, 9.17) is 26.8 Å². The van der Waals surface area contributed by atoms with E-state index >= 15 is 0 Å². The highest BCUT2D eigenvalue weighted by molar-refractivity contribution is 6.33. The van der Waals surface area contributed by atoms with Crippen LogP contribution >= 0.6 is 11.6 Å². The lowest BCUT2D eigenvalue weighted by Crippen LogP contribution is -2.21. The molecule has 0 heterocycles. The molecule has 1 aliphatic carbocycles. The minimum Gasteiger partial charge on any atom is -0.495 e. The van der Waals surface area contributed by atoms with Crippen molar-refractivity contribution in [3.8, 4) is 11.5 Å². The van der Waals surface area contributed by atoms with Crippen LogP contribution in [-0.4, -0.2) is 20.8 Å². The quantitative estimate of drug-likeness (QED) is 0.900. The average molecular weight is 256 g/mol. The van der Waals surface area contributed by atoms with Crippen molar-refractivity contribution in [3.05, 3.63) is 22.2 Å². The number of benzene rings is 1. The maximum absolute atomic E-state index is 6.32. The maximum atomic E-state index is 6.32. The van der Waals surface area contributed by atoms with Crippen molar-refractivity contribution in [3.63, 3.8) is 0 Å². The zero-order valence-electron chi connectivity index (χ0n) is 10.5. The number of hydrogen-bond acceptors (Lipinski definition) is 3. The second kappa shape index (κ2) is 4.39. The van der Waals surface area contributed by atoms with Crippen LogP contribution in [0.3, 0.4) is 0 Å². The van der Waals surface area contributed by atoms with E-state index in [-0.39, 0.29) is 5.41 Å². The molecule has 1 aliphatic rings. The maximum Gasteiger partial charge on any atom is 0.145 e. The Labute approximate surface area is 107 Å². The van der Waals surface area contributed by atoms with Crippen LogP contribution in [0.4, 0.5) is 0 Å². The van der Waals surface area contributed by atoms with Gasteiger partial charge in [0.05, 0.1) is 14.2 Å². The van der Waals surface area contributed by atoms with E-state index in [0.717, 1.165) is 24.0 Å². The van der Waals surface area contributed by atoms with Gasteiger partial charge in [-0.3, -0.25) is 0 Å². The van der Waals surface area contributed by atoms with Crippen molar-refractivity contribution in [2.45, 2.75) is 25.2 Å². The van der Waals surface area contributed by atoms with Gasteiger partial charge in [0.15, 0.2) is 0 Å². The van der Waals surface area contributed by atoms with E-state index in [1.807, 2.05) is 6.92 Å². The summed E-state index contributed by atoms with van der Waals surface area (Å²) in [6.45, 7) is 2.62. The fourth-order valence-electron chi connectivity index (χ4n) is 2.32. The molecule has 0 spiro atoms. The first-order chi connectivity index (χ1) is 8.09. The summed E-state index contributed by atoms with van der Waals surface area (Å²) in [6.07, 6.45) is 2.20. The van der Waals surface area contributed by atoms with Crippen LogP contribution < -0.4 is 15.2 Å². The minimum absolute atomic E-state index is 0.0615. The van der Waals surface area contributed by atoms with Crippen LogP contribution in [0.1, 0.15) is 24.0 Å². The Bertz CT molecular complexity index is 442. The molecule has 3 nitrogen and oxygen atoms in total. The first-order valence-electron chi connectivity index (χ1n) is 5.71. The molecule has 17 heavy (non-hydrogen) atoms. The summed E-state index contributed by atoms with van der Waals surface area (Å²) in [4.78, 5) is 0. The first kappa shape index (κ1) is 12.5. The van der Waals surface area contributed by atoms with Crippen LogP contribution in [0.5, 0.6) is 11.5 Å². The molecule has 0 bridgehead atoms. The van der Waals surface area contributed by atoms with Gasteiger partial charge in [-0.1, -0.05) is 11.6 Å². The van der Waals surface area contributed by atoms with E-state index < -0.39 is 0 Å². The van der Waals surface area contributed by atoms with Gasteiger partial charge in [-0.25, -0.2) is 0 Å². The molecule has 94 valence electrons. The Morgan fingerprint density at radius 2 is 1.88 bits per heavy atom. The Balaban J connectivity index is 2.60. The lowest BCUT2D eigenvalue weighted by molar-refractivity contribution is 0.386. The first-order valence-corrected chi connectivity index (χ1v) is 6.09. The summed E-state index contributed by atoms with van der Waals surface area (Å²) in [6, 6.07) is 2.09. The number of nitrogens with two attached hydrogens (primary N) is 1. The topological polar surface area (TPSA) is 44.5 Å². The van der Waals surface area contributed by atoms with Crippen LogP contribution in [0.2, 0.25) is 5.02 Å². The van der Waals surface area contributed by atoms with Gasteiger partial charge in [0.2, 0.25) is 0 Å². The fourth-order valence-corrected chi connectivity index (χ4v) is 2.73. The fraction of sp³-hybridized carbons (Fsp3) is 0.538. The SMILES string of the molecule is COc1c(C)cc(C2(CN)CC2)c(OC)c1Cl. The molecule has 0 aromatic heterocycles. The van der Waals surface area contributed by atoms with Crippen molar-refractivity contribution in [2.24, 2.45) is 5.73 Å². The van der Waals surface area contributed by atoms with Gasteiger partial charge in [0, 0.05) is 17.5 Å². The van der Waals surface area contributed by atoms with Crippen molar-refractivity contribution in [1.82, 2.24) is 0 Å². The molecular weight excluding hydrogens is 238 g/mol. The average Bonchev–Trinajstić information content (AvgIpc) is 3.10. The number of rotatable bonds is 4. The zero-order valence-corrected chi connectivity index (χ0v) is 11.2. The van der Waals surface area contributed by atoms with Gasteiger partial charge < -0.3 is 15.2 Å². The lowest BCUT2D eigenvalue weighted by Gasteiger charge is -2.21. The predicted molar refractivity (Wildman–Crippen MR) is 69.3 cm³/mol. The second-order valence-electron chi connectivity index (χ2n) is 4.61. The van der Waals surface area contributed by atoms with Crippen molar-refractivity contribution >= 4 is 11.6 Å². The smallest absolute Gasteiger partial charge is 0.145 e. The second-order valence-corrected chi connectivity index (χ2v) is 4.98. The summed E-state index contributed by atoms with van der Waals surface area (Å²) in [7, 11) is 3.25. The van der Waals surface area contributed by atoms with E-state index in [1.54, 1.807) is 14.2 Å². The van der Waals surface area contributed by atoms with E-state index in [9.17, 15) is 0 Å². The molecule has 0 atom stereocenters. The molecule has 1 aromatic carbocycles. The largest absolute Gasteiger partial charge is 0.495 e. The molecule has 2 N–H and O–H groups in total. The predicted octanol–water partition coefficient (Wildman–Crippen LogP) is 2.66. The van der Waals surface area contributed by atoms with Crippen molar-refractivity contribution < 1.29 is 9.47 Å². The number of hydrogen-bond donors (Lipinski definition) is 1. The summed E-state index contributed by atoms with van der Waals surface area (Å²) in [5.41, 5.74) is 8.06. The van der Waals surface area contributed by atoms with Crippen LogP contribution in [0, 0.1) is 6.92 Å². The standard InChI is InChI=1S/C13H18ClNO2/c1-8-6-9(13(7-15)4-5-13)12(17-3)10(14)11(8)16-2/h6H,4-5,7,15H2,1-3H3. The highest BCUT2D eigenvalue weighted by atomic mass is 35.5. The van der Waals surface area contributed by atoms with Crippen molar-refractivity contribution in [2.75, 3.05) is 20.8 Å². The number of aryl methyl sites for hydroxylation is 1. The summed E-state index contributed by atoms with van der Waals surface area (Å²) in [5.74, 6) is 1.39. The van der Waals surface area contributed by atoms with Crippen LogP contribution in [0.15, 0.2) is 6.07 Å².